The van der Waals surface area contributed by atoms with E-state index in [-0.39, 0.29) is 12.1 Å². The number of nitrogens with two attached hydrogens (primary N) is 1. The van der Waals surface area contributed by atoms with Crippen molar-refractivity contribution in [3.05, 3.63) is 30.2 Å². The van der Waals surface area contributed by atoms with Crippen molar-refractivity contribution >= 4 is 11.1 Å². The van der Waals surface area contributed by atoms with Crippen LogP contribution < -0.4 is 11.1 Å². The van der Waals surface area contributed by atoms with Gasteiger partial charge in [0.1, 0.15) is 5.52 Å². The van der Waals surface area contributed by atoms with Gasteiger partial charge >= 0.3 is 0 Å². The molecule has 2 aromatic rings. The first-order valence-corrected chi connectivity index (χ1v) is 4.98. The molecule has 2 unspecified atom stereocenters. The molecule has 0 aliphatic carbocycles. The fourth-order valence-electron chi connectivity index (χ4n) is 1.80. The third-order valence-corrected chi connectivity index (χ3v) is 2.55. The van der Waals surface area contributed by atoms with Crippen molar-refractivity contribution in [2.75, 3.05) is 7.05 Å². The molecule has 0 saturated heterocycles. The molecule has 2 rings (SSSR count). The van der Waals surface area contributed by atoms with E-state index in [0.717, 1.165) is 16.7 Å². The van der Waals surface area contributed by atoms with Crippen molar-refractivity contribution < 1.29 is 4.42 Å². The Kier molecular flexibility index (Phi) is 2.70. The summed E-state index contributed by atoms with van der Waals surface area (Å²) in [5.41, 5.74) is 8.68. The van der Waals surface area contributed by atoms with Crippen LogP contribution >= 0.6 is 0 Å². The molecule has 1 heterocycles. The summed E-state index contributed by atoms with van der Waals surface area (Å²) < 4.78 is 5.25. The Balaban J connectivity index is 2.41. The molecule has 0 radical (unpaired) electrons. The molecule has 3 N–H and O–H groups in total. The van der Waals surface area contributed by atoms with Crippen molar-refractivity contribution in [2.45, 2.75) is 19.0 Å². The Bertz CT molecular complexity index is 450. The van der Waals surface area contributed by atoms with E-state index in [1.807, 2.05) is 32.2 Å². The highest BCUT2D eigenvalue weighted by atomic mass is 16.3. The predicted molar refractivity (Wildman–Crippen MR) is 59.5 cm³/mol. The highest BCUT2D eigenvalue weighted by molar-refractivity contribution is 5.72. The Morgan fingerprint density at radius 3 is 2.93 bits per heavy atom. The van der Waals surface area contributed by atoms with Gasteiger partial charge in [0, 0.05) is 12.1 Å². The molecule has 0 fully saturated rings. The number of hydrogen-bond donors (Lipinski definition) is 2. The molecular weight excluding hydrogens is 190 g/mol. The van der Waals surface area contributed by atoms with Crippen LogP contribution in [-0.2, 0) is 0 Å². The third kappa shape index (κ3) is 1.86. The molecule has 0 aliphatic rings. The van der Waals surface area contributed by atoms with E-state index in [2.05, 4.69) is 10.3 Å². The van der Waals surface area contributed by atoms with Gasteiger partial charge in [-0.3, -0.25) is 0 Å². The third-order valence-electron chi connectivity index (χ3n) is 2.55. The molecule has 0 amide bonds. The maximum absolute atomic E-state index is 5.89. The van der Waals surface area contributed by atoms with Gasteiger partial charge in [0.25, 0.3) is 0 Å². The van der Waals surface area contributed by atoms with E-state index in [9.17, 15) is 0 Å². The summed E-state index contributed by atoms with van der Waals surface area (Å²) in [6.07, 6.45) is 1.45. The number of nitrogens with one attached hydrogen (secondary N) is 1. The zero-order valence-corrected chi connectivity index (χ0v) is 8.90. The van der Waals surface area contributed by atoms with E-state index >= 15 is 0 Å². The van der Waals surface area contributed by atoms with Gasteiger partial charge < -0.3 is 15.5 Å². The van der Waals surface area contributed by atoms with Crippen LogP contribution in [0.1, 0.15) is 18.5 Å². The summed E-state index contributed by atoms with van der Waals surface area (Å²) in [6.45, 7) is 1.98. The van der Waals surface area contributed by atoms with Crippen LogP contribution in [0.5, 0.6) is 0 Å². The molecule has 1 aromatic carbocycles. The number of nitrogens with zero attached hydrogens (tertiary/aromatic N) is 1. The van der Waals surface area contributed by atoms with Crippen LogP contribution in [0.15, 0.2) is 29.0 Å². The van der Waals surface area contributed by atoms with Crippen molar-refractivity contribution in [2.24, 2.45) is 5.73 Å². The Hall–Kier alpha value is -1.39. The lowest BCUT2D eigenvalue weighted by Gasteiger charge is -2.20. The van der Waals surface area contributed by atoms with Crippen molar-refractivity contribution in [1.29, 1.82) is 0 Å². The van der Waals surface area contributed by atoms with Crippen molar-refractivity contribution in [1.82, 2.24) is 10.3 Å². The molecular formula is C11H15N3O. The minimum absolute atomic E-state index is 0.0513. The van der Waals surface area contributed by atoms with E-state index in [1.165, 1.54) is 6.39 Å². The number of fused-ring (bicyclic) bond motifs is 1. The summed E-state index contributed by atoms with van der Waals surface area (Å²) in [5, 5.41) is 3.19. The summed E-state index contributed by atoms with van der Waals surface area (Å²) in [4.78, 5) is 4.07. The average Bonchev–Trinajstić information content (AvgIpc) is 2.65. The Morgan fingerprint density at radius 2 is 2.27 bits per heavy atom. The van der Waals surface area contributed by atoms with E-state index in [0.29, 0.717) is 0 Å². The van der Waals surface area contributed by atoms with Gasteiger partial charge in [-0.05, 0) is 31.7 Å². The summed E-state index contributed by atoms with van der Waals surface area (Å²) in [7, 11) is 1.90. The number of rotatable bonds is 3. The molecule has 0 aliphatic heterocycles. The topological polar surface area (TPSA) is 64.1 Å². The van der Waals surface area contributed by atoms with Gasteiger partial charge in [-0.25, -0.2) is 4.98 Å². The molecule has 1 aromatic heterocycles. The van der Waals surface area contributed by atoms with Crippen LogP contribution in [0.2, 0.25) is 0 Å². The van der Waals surface area contributed by atoms with E-state index < -0.39 is 0 Å². The SMILES string of the molecule is CNC(c1ccc2ncoc2c1)C(C)N. The number of hydrogen-bond acceptors (Lipinski definition) is 4. The second-order valence-corrected chi connectivity index (χ2v) is 3.70. The van der Waals surface area contributed by atoms with Crippen LogP contribution in [0.4, 0.5) is 0 Å². The minimum atomic E-state index is 0.0513. The predicted octanol–water partition coefficient (Wildman–Crippen LogP) is 1.44. The minimum Gasteiger partial charge on any atom is -0.443 e. The van der Waals surface area contributed by atoms with E-state index in [4.69, 9.17) is 10.2 Å². The van der Waals surface area contributed by atoms with Gasteiger partial charge in [-0.1, -0.05) is 6.07 Å². The first kappa shape index (κ1) is 10.1. The highest BCUT2D eigenvalue weighted by Gasteiger charge is 2.14. The first-order chi connectivity index (χ1) is 7.22. The number of aromatic nitrogens is 1. The lowest BCUT2D eigenvalue weighted by Crippen LogP contribution is -2.33. The second-order valence-electron chi connectivity index (χ2n) is 3.70. The first-order valence-electron chi connectivity index (χ1n) is 4.98. The smallest absolute Gasteiger partial charge is 0.181 e. The van der Waals surface area contributed by atoms with Gasteiger partial charge in [0.05, 0.1) is 0 Å². The fraction of sp³-hybridized carbons (Fsp3) is 0.364. The zero-order valence-electron chi connectivity index (χ0n) is 8.90. The average molecular weight is 205 g/mol. The largest absolute Gasteiger partial charge is 0.443 e. The molecule has 0 spiro atoms. The van der Waals surface area contributed by atoms with Gasteiger partial charge in [-0.15, -0.1) is 0 Å². The normalized spacial score (nSPS) is 15.4. The van der Waals surface area contributed by atoms with Gasteiger partial charge in [-0.2, -0.15) is 0 Å². The van der Waals surface area contributed by atoms with Crippen molar-refractivity contribution in [3.63, 3.8) is 0 Å². The maximum Gasteiger partial charge on any atom is 0.181 e. The summed E-state index contributed by atoms with van der Waals surface area (Å²) in [5.74, 6) is 0. The fourth-order valence-corrected chi connectivity index (χ4v) is 1.80. The lowest BCUT2D eigenvalue weighted by molar-refractivity contribution is 0.503. The van der Waals surface area contributed by atoms with Gasteiger partial charge in [0.15, 0.2) is 12.0 Å². The molecule has 0 bridgehead atoms. The molecule has 4 heteroatoms. The number of benzene rings is 1. The van der Waals surface area contributed by atoms with Crippen molar-refractivity contribution in [3.8, 4) is 0 Å². The number of oxazole rings is 1. The standard InChI is InChI=1S/C11H15N3O/c1-7(12)11(13-2)8-3-4-9-10(5-8)15-6-14-9/h3-7,11,13H,12H2,1-2H3. The van der Waals surface area contributed by atoms with Crippen LogP contribution in [0.25, 0.3) is 11.1 Å². The monoisotopic (exact) mass is 205 g/mol. The van der Waals surface area contributed by atoms with Gasteiger partial charge in [0.2, 0.25) is 0 Å². The second kappa shape index (κ2) is 4.00. The molecule has 4 nitrogen and oxygen atoms in total. The molecule has 80 valence electrons. The molecule has 2 atom stereocenters. The van der Waals surface area contributed by atoms with Crippen LogP contribution in [0, 0.1) is 0 Å². The molecule has 0 saturated carbocycles. The zero-order chi connectivity index (χ0) is 10.8. The van der Waals surface area contributed by atoms with E-state index in [1.54, 1.807) is 0 Å². The Labute approximate surface area is 88.5 Å². The lowest BCUT2D eigenvalue weighted by atomic mass is 10.0. The maximum atomic E-state index is 5.89. The summed E-state index contributed by atoms with van der Waals surface area (Å²) in [6, 6.07) is 6.14. The Morgan fingerprint density at radius 1 is 1.47 bits per heavy atom. The van der Waals surface area contributed by atoms with Crippen LogP contribution in [-0.4, -0.2) is 18.1 Å². The van der Waals surface area contributed by atoms with Crippen LogP contribution in [0.3, 0.4) is 0 Å². The number of likely N-dealkylation sites (N-methyl/N-ethyl adjacent to an activating group) is 1. The summed E-state index contributed by atoms with van der Waals surface area (Å²) >= 11 is 0. The quantitative estimate of drug-likeness (QED) is 0.795. The highest BCUT2D eigenvalue weighted by Crippen LogP contribution is 2.20. The molecule has 15 heavy (non-hydrogen) atoms.